The van der Waals surface area contributed by atoms with Gasteiger partial charge in [0.05, 0.1) is 0 Å². The number of rotatable bonds is 10. The van der Waals surface area contributed by atoms with E-state index in [0.29, 0.717) is 12.5 Å². The summed E-state index contributed by atoms with van der Waals surface area (Å²) >= 11 is 0. The maximum absolute atomic E-state index is 13.1. The van der Waals surface area contributed by atoms with Crippen molar-refractivity contribution in [1.82, 2.24) is 9.80 Å². The normalized spacial score (nSPS) is 18.3. The van der Waals surface area contributed by atoms with Gasteiger partial charge >= 0.3 is 0 Å². The van der Waals surface area contributed by atoms with Gasteiger partial charge in [0.2, 0.25) is 5.91 Å². The Balaban J connectivity index is 1.20. The first-order valence-electron chi connectivity index (χ1n) is 12.6. The monoisotopic (exact) mass is 459 g/mol. The molecule has 0 unspecified atom stereocenters. The summed E-state index contributed by atoms with van der Waals surface area (Å²) in [5, 5.41) is 9.52. The number of phenolic OH excluding ortho intramolecular Hbond substituents is 1. The molecule has 2 aromatic carbocycles. The Bertz CT molecular complexity index is 1080. The lowest BCUT2D eigenvalue weighted by atomic mass is 10.0. The molecule has 1 N–H and O–H groups in total. The van der Waals surface area contributed by atoms with Crippen molar-refractivity contribution >= 4 is 17.6 Å². The summed E-state index contributed by atoms with van der Waals surface area (Å²) in [6, 6.07) is 15.3. The van der Waals surface area contributed by atoms with Crippen LogP contribution in [-0.4, -0.2) is 57.7 Å². The fourth-order valence-electron chi connectivity index (χ4n) is 4.76. The number of unbranched alkanes of at least 4 members (excludes halogenated alkanes) is 2. The predicted molar refractivity (Wildman–Crippen MR) is 133 cm³/mol. The van der Waals surface area contributed by atoms with E-state index in [2.05, 4.69) is 0 Å². The lowest BCUT2D eigenvalue weighted by molar-refractivity contribution is -0.132. The summed E-state index contributed by atoms with van der Waals surface area (Å²) in [4.78, 5) is 34.2. The first-order chi connectivity index (χ1) is 16.5. The van der Waals surface area contributed by atoms with E-state index in [-0.39, 0.29) is 17.6 Å². The Morgan fingerprint density at radius 2 is 1.62 bits per heavy atom. The van der Waals surface area contributed by atoms with Gasteiger partial charge in [-0.1, -0.05) is 36.4 Å². The number of hydrogen-bond acceptors (Lipinski definition) is 4. The first kappa shape index (κ1) is 22.6. The highest BCUT2D eigenvalue weighted by atomic mass is 16.3. The molecule has 1 aliphatic heterocycles. The predicted octanol–water partition coefficient (Wildman–Crippen LogP) is 4.61. The lowest BCUT2D eigenvalue weighted by Crippen LogP contribution is -2.37. The zero-order chi connectivity index (χ0) is 23.7. The first-order valence-corrected chi connectivity index (χ1v) is 12.6. The number of aromatic hydroxyl groups is 1. The van der Waals surface area contributed by atoms with Gasteiger partial charge in [0, 0.05) is 31.1 Å². The Labute approximate surface area is 201 Å². The maximum Gasteiger partial charge on any atom is 0.256 e. The lowest BCUT2D eigenvalue weighted by Gasteiger charge is -2.22. The van der Waals surface area contributed by atoms with E-state index < -0.39 is 5.54 Å². The largest absolute Gasteiger partial charge is 0.508 e. The molecule has 6 heteroatoms. The zero-order valence-corrected chi connectivity index (χ0v) is 19.9. The number of benzene rings is 2. The van der Waals surface area contributed by atoms with E-state index in [0.717, 1.165) is 80.6 Å². The molecule has 6 nitrogen and oxygen atoms in total. The number of hydrogen-bond donors (Lipinski definition) is 1. The highest BCUT2D eigenvalue weighted by molar-refractivity contribution is 6.16. The Morgan fingerprint density at radius 3 is 2.21 bits per heavy atom. The fraction of sp³-hybridized carbons (Fsp3) is 0.464. The standard InChI is InChI=1S/C28H33N3O3/c1-2-30(26(33)23-10-11-23)18-4-3-5-19-31-25(29-28(16-17-28)27(31)34)22-8-6-20(7-9-22)21-12-14-24(32)15-13-21/h6-9,12-15,23,32H,2-5,10-11,16-19H2,1H3. The zero-order valence-electron chi connectivity index (χ0n) is 19.9. The van der Waals surface area contributed by atoms with Crippen LogP contribution in [-0.2, 0) is 9.59 Å². The van der Waals surface area contributed by atoms with Gasteiger partial charge in [-0.15, -0.1) is 0 Å². The second kappa shape index (κ2) is 9.24. The SMILES string of the molecule is CCN(CCCCCN1C(=O)C2(CC2)N=C1c1ccc(-c2ccc(O)cc2)cc1)C(=O)C1CC1. The van der Waals surface area contributed by atoms with E-state index in [4.69, 9.17) is 4.99 Å². The van der Waals surface area contributed by atoms with Crippen molar-refractivity contribution in [3.05, 3.63) is 54.1 Å². The van der Waals surface area contributed by atoms with E-state index in [9.17, 15) is 14.7 Å². The summed E-state index contributed by atoms with van der Waals surface area (Å²) in [6.45, 7) is 4.30. The van der Waals surface area contributed by atoms with Gasteiger partial charge in [0.15, 0.2) is 0 Å². The van der Waals surface area contributed by atoms with Crippen molar-refractivity contribution in [3.8, 4) is 16.9 Å². The second-order valence-electron chi connectivity index (χ2n) is 9.80. The molecule has 2 amide bonds. The van der Waals surface area contributed by atoms with Gasteiger partial charge in [0.1, 0.15) is 17.1 Å². The topological polar surface area (TPSA) is 73.2 Å². The molecule has 0 aromatic heterocycles. The number of carbonyl (C=O) groups excluding carboxylic acids is 2. The molecular weight excluding hydrogens is 426 g/mol. The summed E-state index contributed by atoms with van der Waals surface area (Å²) in [6.07, 6.45) is 6.63. The van der Waals surface area contributed by atoms with Crippen LogP contribution in [0.1, 0.15) is 57.4 Å². The number of amides is 2. The van der Waals surface area contributed by atoms with Gasteiger partial charge in [-0.05, 0) is 75.1 Å². The summed E-state index contributed by atoms with van der Waals surface area (Å²) in [7, 11) is 0. The molecule has 0 radical (unpaired) electrons. The minimum Gasteiger partial charge on any atom is -0.508 e. The molecule has 1 spiro atoms. The van der Waals surface area contributed by atoms with Crippen molar-refractivity contribution < 1.29 is 14.7 Å². The van der Waals surface area contributed by atoms with Crippen LogP contribution in [0.15, 0.2) is 53.5 Å². The third-order valence-corrected chi connectivity index (χ3v) is 7.22. The Kier molecular flexibility index (Phi) is 6.15. The van der Waals surface area contributed by atoms with Gasteiger partial charge < -0.3 is 10.0 Å². The van der Waals surface area contributed by atoms with E-state index in [1.807, 2.05) is 53.1 Å². The van der Waals surface area contributed by atoms with Gasteiger partial charge in [0.25, 0.3) is 5.91 Å². The van der Waals surface area contributed by atoms with Crippen LogP contribution in [0.25, 0.3) is 11.1 Å². The number of aliphatic imine (C=N–C) groups is 1. The van der Waals surface area contributed by atoms with Crippen LogP contribution < -0.4 is 0 Å². The molecule has 178 valence electrons. The van der Waals surface area contributed by atoms with Gasteiger partial charge in [-0.25, -0.2) is 0 Å². The van der Waals surface area contributed by atoms with Crippen LogP contribution in [0.4, 0.5) is 0 Å². The van der Waals surface area contributed by atoms with Gasteiger partial charge in [-0.2, -0.15) is 0 Å². The molecular formula is C28H33N3O3. The van der Waals surface area contributed by atoms with E-state index >= 15 is 0 Å². The number of phenols is 1. The summed E-state index contributed by atoms with van der Waals surface area (Å²) in [5.41, 5.74) is 2.54. The van der Waals surface area contributed by atoms with Crippen molar-refractivity contribution in [3.63, 3.8) is 0 Å². The third-order valence-electron chi connectivity index (χ3n) is 7.22. The molecule has 34 heavy (non-hydrogen) atoms. The third kappa shape index (κ3) is 4.59. The Morgan fingerprint density at radius 1 is 1.00 bits per heavy atom. The second-order valence-corrected chi connectivity index (χ2v) is 9.80. The van der Waals surface area contributed by atoms with Crippen molar-refractivity contribution in [2.75, 3.05) is 19.6 Å². The van der Waals surface area contributed by atoms with E-state index in [1.165, 1.54) is 0 Å². The average Bonchev–Trinajstić information content (AvgIpc) is 3.78. The van der Waals surface area contributed by atoms with Crippen molar-refractivity contribution in [1.29, 1.82) is 0 Å². The molecule has 5 rings (SSSR count). The highest BCUT2D eigenvalue weighted by Gasteiger charge is 2.57. The van der Waals surface area contributed by atoms with Crippen LogP contribution in [0.2, 0.25) is 0 Å². The highest BCUT2D eigenvalue weighted by Crippen LogP contribution is 2.46. The molecule has 2 fully saturated rings. The van der Waals surface area contributed by atoms with Crippen LogP contribution in [0.5, 0.6) is 5.75 Å². The molecule has 2 aliphatic carbocycles. The molecule has 0 atom stereocenters. The number of amidine groups is 1. The molecule has 3 aliphatic rings. The number of carbonyl (C=O) groups is 2. The van der Waals surface area contributed by atoms with Crippen molar-refractivity contribution in [2.45, 2.75) is 57.4 Å². The van der Waals surface area contributed by atoms with Gasteiger partial charge in [-0.3, -0.25) is 19.5 Å². The van der Waals surface area contributed by atoms with Crippen LogP contribution in [0, 0.1) is 5.92 Å². The minimum atomic E-state index is -0.513. The summed E-state index contributed by atoms with van der Waals surface area (Å²) in [5.74, 6) is 1.78. The molecule has 2 saturated carbocycles. The molecule has 1 heterocycles. The number of nitrogens with zero attached hydrogens (tertiary/aromatic N) is 3. The molecule has 0 saturated heterocycles. The van der Waals surface area contributed by atoms with Crippen LogP contribution >= 0.6 is 0 Å². The maximum atomic E-state index is 13.1. The molecule has 2 aromatic rings. The molecule has 0 bridgehead atoms. The quantitative estimate of drug-likeness (QED) is 0.528. The fourth-order valence-corrected chi connectivity index (χ4v) is 4.76. The average molecular weight is 460 g/mol. The summed E-state index contributed by atoms with van der Waals surface area (Å²) < 4.78 is 0. The minimum absolute atomic E-state index is 0.143. The van der Waals surface area contributed by atoms with Crippen LogP contribution in [0.3, 0.4) is 0 Å². The van der Waals surface area contributed by atoms with E-state index in [1.54, 1.807) is 12.1 Å². The smallest absolute Gasteiger partial charge is 0.256 e. The van der Waals surface area contributed by atoms with Crippen molar-refractivity contribution in [2.24, 2.45) is 10.9 Å². The Hall–Kier alpha value is -3.15.